The molecule has 0 atom stereocenters. The van der Waals surface area contributed by atoms with Gasteiger partial charge in [-0.05, 0) is 38.0 Å². The topological polar surface area (TPSA) is 12.0 Å². The summed E-state index contributed by atoms with van der Waals surface area (Å²) < 4.78 is 0. The molecule has 0 fully saturated rings. The van der Waals surface area contributed by atoms with E-state index in [1.165, 1.54) is 11.3 Å². The number of hydrogen-bond acceptors (Lipinski definition) is 1. The van der Waals surface area contributed by atoms with Gasteiger partial charge in [-0.3, -0.25) is 0 Å². The van der Waals surface area contributed by atoms with Crippen molar-refractivity contribution in [3.63, 3.8) is 0 Å². The third-order valence-electron chi connectivity index (χ3n) is 1.82. The van der Waals surface area contributed by atoms with Gasteiger partial charge < -0.3 is 5.32 Å². The Balaban J connectivity index is 2.65. The van der Waals surface area contributed by atoms with Crippen LogP contribution in [0.2, 0.25) is 0 Å². The highest BCUT2D eigenvalue weighted by Gasteiger charge is 1.94. The second kappa shape index (κ2) is 4.15. The van der Waals surface area contributed by atoms with Crippen LogP contribution >= 0.6 is 0 Å². The molecule has 1 aromatic rings. The number of benzene rings is 1. The molecule has 0 unspecified atom stereocenters. The van der Waals surface area contributed by atoms with Crippen LogP contribution in [0.25, 0.3) is 0 Å². The molecule has 0 radical (unpaired) electrons. The molecule has 1 rings (SSSR count). The Morgan fingerprint density at radius 3 is 2.17 bits per heavy atom. The number of anilines is 1. The van der Waals surface area contributed by atoms with Crippen LogP contribution in [-0.2, 0) is 6.42 Å². The highest BCUT2D eigenvalue weighted by atomic mass is 14.9. The smallest absolute Gasteiger partial charge is 0.0342 e. The average Bonchev–Trinajstić information content (AvgIpc) is 2.05. The summed E-state index contributed by atoms with van der Waals surface area (Å²) in [6.07, 6.45) is 1.11. The first kappa shape index (κ1) is 9.11. The Morgan fingerprint density at radius 2 is 1.75 bits per heavy atom. The molecule has 1 aromatic carbocycles. The lowest BCUT2D eigenvalue weighted by atomic mass is 10.1. The van der Waals surface area contributed by atoms with Crippen molar-refractivity contribution in [3.05, 3.63) is 29.8 Å². The molecule has 1 nitrogen and oxygen atoms in total. The molecule has 0 amide bonds. The maximum atomic E-state index is 3.36. The second-order valence-electron chi connectivity index (χ2n) is 3.35. The largest absolute Gasteiger partial charge is 0.383 e. The highest BCUT2D eigenvalue weighted by molar-refractivity contribution is 5.45. The van der Waals surface area contributed by atoms with Crippen LogP contribution < -0.4 is 5.32 Å². The summed E-state index contributed by atoms with van der Waals surface area (Å²) in [5.74, 6) is 0. The molecule has 0 spiro atoms. The molecular formula is C11H17N. The first-order valence-corrected chi connectivity index (χ1v) is 4.58. The fourth-order valence-corrected chi connectivity index (χ4v) is 1.17. The van der Waals surface area contributed by atoms with Crippen molar-refractivity contribution in [1.82, 2.24) is 0 Å². The summed E-state index contributed by atoms with van der Waals surface area (Å²) >= 11 is 0. The van der Waals surface area contributed by atoms with Gasteiger partial charge in [0.25, 0.3) is 0 Å². The monoisotopic (exact) mass is 163 g/mol. The van der Waals surface area contributed by atoms with E-state index in [1.54, 1.807) is 0 Å². The zero-order valence-corrected chi connectivity index (χ0v) is 8.09. The van der Waals surface area contributed by atoms with Crippen LogP contribution in [0.15, 0.2) is 24.3 Å². The Labute approximate surface area is 74.8 Å². The maximum Gasteiger partial charge on any atom is 0.0342 e. The molecule has 0 saturated carbocycles. The van der Waals surface area contributed by atoms with Gasteiger partial charge in [0, 0.05) is 11.7 Å². The molecule has 12 heavy (non-hydrogen) atoms. The van der Waals surface area contributed by atoms with E-state index in [9.17, 15) is 0 Å². The van der Waals surface area contributed by atoms with Gasteiger partial charge in [-0.1, -0.05) is 19.1 Å². The highest BCUT2D eigenvalue weighted by Crippen LogP contribution is 2.10. The lowest BCUT2D eigenvalue weighted by molar-refractivity contribution is 0.899. The third-order valence-corrected chi connectivity index (χ3v) is 1.82. The Kier molecular flexibility index (Phi) is 3.15. The van der Waals surface area contributed by atoms with Gasteiger partial charge in [0.1, 0.15) is 0 Å². The number of aryl methyl sites for hydroxylation is 1. The van der Waals surface area contributed by atoms with E-state index in [0.29, 0.717) is 6.04 Å². The summed E-state index contributed by atoms with van der Waals surface area (Å²) in [6.45, 7) is 6.46. The third kappa shape index (κ3) is 2.57. The van der Waals surface area contributed by atoms with Crippen LogP contribution in [-0.4, -0.2) is 6.04 Å². The lowest BCUT2D eigenvalue weighted by Crippen LogP contribution is -2.09. The Bertz CT molecular complexity index is 223. The summed E-state index contributed by atoms with van der Waals surface area (Å²) in [5, 5.41) is 3.36. The zero-order valence-electron chi connectivity index (χ0n) is 8.09. The van der Waals surface area contributed by atoms with E-state index in [4.69, 9.17) is 0 Å². The van der Waals surface area contributed by atoms with Gasteiger partial charge in [-0.2, -0.15) is 0 Å². The Morgan fingerprint density at radius 1 is 1.17 bits per heavy atom. The lowest BCUT2D eigenvalue weighted by Gasteiger charge is -2.09. The summed E-state index contributed by atoms with van der Waals surface area (Å²) in [4.78, 5) is 0. The van der Waals surface area contributed by atoms with Gasteiger partial charge >= 0.3 is 0 Å². The van der Waals surface area contributed by atoms with Crippen molar-refractivity contribution in [1.29, 1.82) is 0 Å². The molecular weight excluding hydrogens is 146 g/mol. The molecule has 0 aliphatic carbocycles. The minimum atomic E-state index is 0.512. The predicted octanol–water partition coefficient (Wildman–Crippen LogP) is 3.07. The SMILES string of the molecule is CCc1ccc(NC(C)C)cc1. The van der Waals surface area contributed by atoms with Crippen molar-refractivity contribution in [2.75, 3.05) is 5.32 Å². The summed E-state index contributed by atoms with van der Waals surface area (Å²) in [6, 6.07) is 9.13. The van der Waals surface area contributed by atoms with E-state index in [2.05, 4.69) is 50.4 Å². The van der Waals surface area contributed by atoms with E-state index >= 15 is 0 Å². The van der Waals surface area contributed by atoms with Crippen LogP contribution in [0.5, 0.6) is 0 Å². The first-order valence-electron chi connectivity index (χ1n) is 4.58. The molecule has 1 heteroatoms. The van der Waals surface area contributed by atoms with Crippen LogP contribution in [0.3, 0.4) is 0 Å². The van der Waals surface area contributed by atoms with Crippen LogP contribution in [0, 0.1) is 0 Å². The fourth-order valence-electron chi connectivity index (χ4n) is 1.17. The number of hydrogen-bond donors (Lipinski definition) is 1. The molecule has 0 aliphatic rings. The van der Waals surface area contributed by atoms with Crippen molar-refractivity contribution in [3.8, 4) is 0 Å². The van der Waals surface area contributed by atoms with Gasteiger partial charge in [0.2, 0.25) is 0 Å². The molecule has 1 N–H and O–H groups in total. The summed E-state index contributed by atoms with van der Waals surface area (Å²) in [7, 11) is 0. The van der Waals surface area contributed by atoms with Crippen molar-refractivity contribution in [2.24, 2.45) is 0 Å². The van der Waals surface area contributed by atoms with Crippen LogP contribution in [0.4, 0.5) is 5.69 Å². The summed E-state index contributed by atoms with van der Waals surface area (Å²) in [5.41, 5.74) is 2.60. The Hall–Kier alpha value is -0.980. The second-order valence-corrected chi connectivity index (χ2v) is 3.35. The first-order chi connectivity index (χ1) is 5.72. The molecule has 0 aromatic heterocycles. The van der Waals surface area contributed by atoms with E-state index < -0.39 is 0 Å². The van der Waals surface area contributed by atoms with Crippen molar-refractivity contribution >= 4 is 5.69 Å². The number of nitrogens with one attached hydrogen (secondary N) is 1. The number of rotatable bonds is 3. The quantitative estimate of drug-likeness (QED) is 0.722. The maximum absolute atomic E-state index is 3.36. The molecule has 0 saturated heterocycles. The van der Waals surface area contributed by atoms with Gasteiger partial charge in [0.15, 0.2) is 0 Å². The molecule has 66 valence electrons. The van der Waals surface area contributed by atoms with Gasteiger partial charge in [0.05, 0.1) is 0 Å². The minimum absolute atomic E-state index is 0.512. The molecule has 0 aliphatic heterocycles. The van der Waals surface area contributed by atoms with Gasteiger partial charge in [-0.15, -0.1) is 0 Å². The fraction of sp³-hybridized carbons (Fsp3) is 0.455. The van der Waals surface area contributed by atoms with Crippen molar-refractivity contribution < 1.29 is 0 Å². The van der Waals surface area contributed by atoms with E-state index in [-0.39, 0.29) is 0 Å². The average molecular weight is 163 g/mol. The van der Waals surface area contributed by atoms with Gasteiger partial charge in [-0.25, -0.2) is 0 Å². The molecule has 0 bridgehead atoms. The predicted molar refractivity (Wildman–Crippen MR) is 54.6 cm³/mol. The molecule has 0 heterocycles. The van der Waals surface area contributed by atoms with Crippen molar-refractivity contribution in [2.45, 2.75) is 33.2 Å². The minimum Gasteiger partial charge on any atom is -0.383 e. The van der Waals surface area contributed by atoms with E-state index in [0.717, 1.165) is 6.42 Å². The zero-order chi connectivity index (χ0) is 8.97. The van der Waals surface area contributed by atoms with E-state index in [1.807, 2.05) is 0 Å². The normalized spacial score (nSPS) is 10.3. The van der Waals surface area contributed by atoms with Crippen LogP contribution in [0.1, 0.15) is 26.3 Å². The standard InChI is InChI=1S/C11H17N/c1-4-10-5-7-11(8-6-10)12-9(2)3/h5-9,12H,4H2,1-3H3.